The molecular formula is C25H27FN6O2. The Morgan fingerprint density at radius 2 is 2.03 bits per heavy atom. The van der Waals surface area contributed by atoms with Crippen molar-refractivity contribution in [2.75, 3.05) is 25.5 Å². The summed E-state index contributed by atoms with van der Waals surface area (Å²) in [5.74, 6) is 0.601. The normalized spacial score (nSPS) is 15.6. The van der Waals surface area contributed by atoms with Crippen molar-refractivity contribution in [3.63, 3.8) is 0 Å². The van der Waals surface area contributed by atoms with Crippen molar-refractivity contribution in [2.24, 2.45) is 0 Å². The molecule has 3 heterocycles. The number of aromatic nitrogens is 3. The molecular weight excluding hydrogens is 435 g/mol. The number of nitrogens with one attached hydrogen (secondary N) is 2. The van der Waals surface area contributed by atoms with Gasteiger partial charge in [-0.05, 0) is 43.2 Å². The van der Waals surface area contributed by atoms with Crippen LogP contribution < -0.4 is 10.6 Å². The van der Waals surface area contributed by atoms with Crippen molar-refractivity contribution in [2.45, 2.75) is 32.1 Å². The Labute approximate surface area is 197 Å². The molecule has 2 amide bonds. The largest absolute Gasteiger partial charge is 0.354 e. The number of hydrogen-bond acceptors (Lipinski definition) is 6. The number of piperidine rings is 1. The number of halogens is 1. The molecule has 2 aromatic heterocycles. The zero-order chi connectivity index (χ0) is 24.1. The lowest BCUT2D eigenvalue weighted by Gasteiger charge is -2.32. The first-order valence-corrected chi connectivity index (χ1v) is 11.3. The molecule has 1 aliphatic rings. The first kappa shape index (κ1) is 23.3. The highest BCUT2D eigenvalue weighted by Crippen LogP contribution is 2.29. The van der Waals surface area contributed by atoms with Gasteiger partial charge < -0.3 is 15.5 Å². The summed E-state index contributed by atoms with van der Waals surface area (Å²) in [4.78, 5) is 39.8. The minimum Gasteiger partial charge on any atom is -0.354 e. The van der Waals surface area contributed by atoms with Gasteiger partial charge in [-0.1, -0.05) is 13.0 Å². The van der Waals surface area contributed by atoms with Gasteiger partial charge in [-0.2, -0.15) is 0 Å². The van der Waals surface area contributed by atoms with Gasteiger partial charge in [0.1, 0.15) is 23.2 Å². The van der Waals surface area contributed by atoms with E-state index in [4.69, 9.17) is 9.97 Å². The topological polar surface area (TPSA) is 100 Å². The van der Waals surface area contributed by atoms with Gasteiger partial charge in [0, 0.05) is 56.0 Å². The molecule has 8 nitrogen and oxygen atoms in total. The highest BCUT2D eigenvalue weighted by molar-refractivity contribution is 5.92. The molecule has 9 heteroatoms. The lowest BCUT2D eigenvalue weighted by molar-refractivity contribution is -0.132. The van der Waals surface area contributed by atoms with E-state index in [0.29, 0.717) is 41.7 Å². The molecule has 176 valence electrons. The quantitative estimate of drug-likeness (QED) is 0.576. The molecule has 0 spiro atoms. The third-order valence-electron chi connectivity index (χ3n) is 5.80. The maximum Gasteiger partial charge on any atom is 0.269 e. The fourth-order valence-electron chi connectivity index (χ4n) is 4.02. The molecule has 0 bridgehead atoms. The molecule has 34 heavy (non-hydrogen) atoms. The minimum absolute atomic E-state index is 0.0182. The van der Waals surface area contributed by atoms with Crippen LogP contribution in [-0.2, 0) is 4.79 Å². The van der Waals surface area contributed by atoms with E-state index in [0.717, 1.165) is 24.9 Å². The number of carbonyl (C=O) groups is 2. The highest BCUT2D eigenvalue weighted by atomic mass is 19.1. The smallest absolute Gasteiger partial charge is 0.269 e. The predicted molar refractivity (Wildman–Crippen MR) is 127 cm³/mol. The van der Waals surface area contributed by atoms with Crippen LogP contribution in [0.1, 0.15) is 48.4 Å². The second kappa shape index (κ2) is 10.4. The van der Waals surface area contributed by atoms with Crippen molar-refractivity contribution < 1.29 is 14.0 Å². The van der Waals surface area contributed by atoms with Crippen LogP contribution in [0.25, 0.3) is 11.3 Å². The van der Waals surface area contributed by atoms with Gasteiger partial charge in [0.05, 0.1) is 5.69 Å². The fourth-order valence-corrected chi connectivity index (χ4v) is 4.02. The number of benzene rings is 1. The molecule has 1 atom stereocenters. The van der Waals surface area contributed by atoms with Gasteiger partial charge in [0.2, 0.25) is 5.91 Å². The number of anilines is 2. The second-order valence-corrected chi connectivity index (χ2v) is 8.18. The van der Waals surface area contributed by atoms with Crippen molar-refractivity contribution in [3.05, 3.63) is 66.0 Å². The molecule has 2 N–H and O–H groups in total. The van der Waals surface area contributed by atoms with Gasteiger partial charge in [0.15, 0.2) is 0 Å². The number of likely N-dealkylation sites (tertiary alicyclic amines) is 1. The van der Waals surface area contributed by atoms with Crippen LogP contribution in [0.2, 0.25) is 0 Å². The standard InChI is InChI=1S/C25H27FN6O2/c1-3-23(33)32-11-5-6-17(15-32)24-30-21(16-9-10-20(28-14-16)25(34)27-2)13-22(31-24)29-19-8-4-7-18(26)12-19/h4,7-10,12-14,17H,3,5-6,11,15H2,1-2H3,(H,27,34)(H,29,30,31). The molecule has 1 aliphatic heterocycles. The van der Waals surface area contributed by atoms with Crippen molar-refractivity contribution in [1.29, 1.82) is 0 Å². The van der Waals surface area contributed by atoms with E-state index in [9.17, 15) is 14.0 Å². The van der Waals surface area contributed by atoms with Crippen LogP contribution >= 0.6 is 0 Å². The summed E-state index contributed by atoms with van der Waals surface area (Å²) in [5, 5.41) is 5.71. The maximum atomic E-state index is 13.7. The van der Waals surface area contributed by atoms with E-state index in [-0.39, 0.29) is 23.5 Å². The summed E-state index contributed by atoms with van der Waals surface area (Å²) in [7, 11) is 1.55. The van der Waals surface area contributed by atoms with Gasteiger partial charge in [-0.25, -0.2) is 14.4 Å². The number of nitrogens with zero attached hydrogens (tertiary/aromatic N) is 4. The second-order valence-electron chi connectivity index (χ2n) is 8.18. The van der Waals surface area contributed by atoms with E-state index in [1.165, 1.54) is 12.1 Å². The van der Waals surface area contributed by atoms with Crippen LogP contribution in [0, 0.1) is 5.82 Å². The Hall–Kier alpha value is -3.88. The van der Waals surface area contributed by atoms with Crippen molar-refractivity contribution >= 4 is 23.3 Å². The summed E-state index contributed by atoms with van der Waals surface area (Å²) in [6, 6.07) is 11.3. The minimum atomic E-state index is -0.352. The van der Waals surface area contributed by atoms with Crippen LogP contribution in [0.4, 0.5) is 15.9 Å². The van der Waals surface area contributed by atoms with E-state index in [1.807, 2.05) is 11.8 Å². The molecule has 1 saturated heterocycles. The summed E-state index contributed by atoms with van der Waals surface area (Å²) < 4.78 is 13.7. The van der Waals surface area contributed by atoms with Gasteiger partial charge in [-0.15, -0.1) is 0 Å². The van der Waals surface area contributed by atoms with Gasteiger partial charge in [0.25, 0.3) is 5.91 Å². The van der Waals surface area contributed by atoms with E-state index >= 15 is 0 Å². The number of hydrogen-bond donors (Lipinski definition) is 2. The number of amides is 2. The predicted octanol–water partition coefficient (Wildman–Crippen LogP) is 3.90. The Bertz CT molecular complexity index is 1180. The van der Waals surface area contributed by atoms with Gasteiger partial charge in [-0.3, -0.25) is 14.6 Å². The van der Waals surface area contributed by atoms with Gasteiger partial charge >= 0.3 is 0 Å². The number of rotatable bonds is 6. The monoisotopic (exact) mass is 462 g/mol. The summed E-state index contributed by atoms with van der Waals surface area (Å²) in [5.41, 5.74) is 2.21. The Morgan fingerprint density at radius 3 is 2.74 bits per heavy atom. The van der Waals surface area contributed by atoms with Crippen molar-refractivity contribution in [1.82, 2.24) is 25.2 Å². The molecule has 4 rings (SSSR count). The summed E-state index contributed by atoms with van der Waals surface area (Å²) in [6.45, 7) is 3.16. The molecule has 0 saturated carbocycles. The average molecular weight is 463 g/mol. The third-order valence-corrected chi connectivity index (χ3v) is 5.80. The lowest BCUT2D eigenvalue weighted by atomic mass is 9.96. The fraction of sp³-hybridized carbons (Fsp3) is 0.320. The zero-order valence-corrected chi connectivity index (χ0v) is 19.2. The molecule has 1 fully saturated rings. The van der Waals surface area contributed by atoms with Crippen LogP contribution in [0.3, 0.4) is 0 Å². The summed E-state index contributed by atoms with van der Waals surface area (Å²) in [6.07, 6.45) is 3.79. The maximum absolute atomic E-state index is 13.7. The van der Waals surface area contributed by atoms with E-state index < -0.39 is 0 Å². The average Bonchev–Trinajstić information content (AvgIpc) is 2.87. The Morgan fingerprint density at radius 1 is 1.18 bits per heavy atom. The first-order chi connectivity index (χ1) is 16.5. The molecule has 0 radical (unpaired) electrons. The van der Waals surface area contributed by atoms with Crippen LogP contribution in [0.5, 0.6) is 0 Å². The van der Waals surface area contributed by atoms with E-state index in [2.05, 4.69) is 15.6 Å². The van der Waals surface area contributed by atoms with E-state index in [1.54, 1.807) is 43.6 Å². The van der Waals surface area contributed by atoms with Crippen LogP contribution in [-0.4, -0.2) is 51.8 Å². The molecule has 1 aromatic carbocycles. The molecule has 3 aromatic rings. The number of carbonyl (C=O) groups excluding carboxylic acids is 2. The molecule has 0 aliphatic carbocycles. The lowest BCUT2D eigenvalue weighted by Crippen LogP contribution is -2.39. The first-order valence-electron chi connectivity index (χ1n) is 11.3. The van der Waals surface area contributed by atoms with Crippen molar-refractivity contribution in [3.8, 4) is 11.3 Å². The Kier molecular flexibility index (Phi) is 7.10. The summed E-state index contributed by atoms with van der Waals surface area (Å²) >= 11 is 0. The molecule has 1 unspecified atom stereocenters. The van der Waals surface area contributed by atoms with Crippen LogP contribution in [0.15, 0.2) is 48.7 Å². The third kappa shape index (κ3) is 5.36. The zero-order valence-electron chi connectivity index (χ0n) is 19.2. The Balaban J connectivity index is 1.70. The number of pyridine rings is 1. The SMILES string of the molecule is CCC(=O)N1CCCC(c2nc(Nc3cccc(F)c3)cc(-c3ccc(C(=O)NC)nc3)n2)C1. The highest BCUT2D eigenvalue weighted by Gasteiger charge is 2.26.